The van der Waals surface area contributed by atoms with Crippen molar-refractivity contribution in [3.63, 3.8) is 0 Å². The zero-order chi connectivity index (χ0) is 16.6. The third-order valence-electron chi connectivity index (χ3n) is 4.28. The first-order chi connectivity index (χ1) is 11.0. The van der Waals surface area contributed by atoms with Gasteiger partial charge in [0.2, 0.25) is 0 Å². The molecule has 122 valence electrons. The highest BCUT2D eigenvalue weighted by Crippen LogP contribution is 2.36. The molecule has 2 heterocycles. The molecular weight excluding hydrogens is 334 g/mol. The highest BCUT2D eigenvalue weighted by atomic mass is 35.5. The monoisotopic (exact) mass is 351 g/mol. The third kappa shape index (κ3) is 3.39. The highest BCUT2D eigenvalue weighted by Gasteiger charge is 2.28. The number of carbonyl (C=O) groups is 2. The number of carbonyl (C=O) groups excluding carboxylic acids is 2. The molecule has 0 bridgehead atoms. The minimum Gasteiger partial charge on any atom is -0.368 e. The van der Waals surface area contributed by atoms with E-state index in [1.807, 2.05) is 18.2 Å². The molecule has 3 N–H and O–H groups in total. The molecule has 0 spiro atoms. The number of piperidine rings is 1. The minimum absolute atomic E-state index is 0.0891. The van der Waals surface area contributed by atoms with Crippen molar-refractivity contribution in [2.24, 2.45) is 11.7 Å². The Morgan fingerprint density at radius 3 is 2.87 bits per heavy atom. The lowest BCUT2D eigenvalue weighted by atomic mass is 9.93. The smallest absolute Gasteiger partial charge is 0.290 e. The number of nitrogens with zero attached hydrogens (tertiary/aromatic N) is 1. The normalized spacial score (nSPS) is 26.7. The van der Waals surface area contributed by atoms with Crippen molar-refractivity contribution in [3.05, 3.63) is 33.7 Å². The highest BCUT2D eigenvalue weighted by molar-refractivity contribution is 8.18. The summed E-state index contributed by atoms with van der Waals surface area (Å²) in [5.74, 6) is 0.110. The van der Waals surface area contributed by atoms with Crippen molar-refractivity contribution in [1.82, 2.24) is 5.32 Å². The lowest BCUT2D eigenvalue weighted by molar-refractivity contribution is -0.115. The van der Waals surface area contributed by atoms with E-state index >= 15 is 0 Å². The Labute approximate surface area is 144 Å². The van der Waals surface area contributed by atoms with Crippen molar-refractivity contribution in [2.45, 2.75) is 19.4 Å². The molecule has 2 fully saturated rings. The van der Waals surface area contributed by atoms with E-state index in [9.17, 15) is 9.59 Å². The van der Waals surface area contributed by atoms with Crippen LogP contribution in [-0.4, -0.2) is 30.3 Å². The van der Waals surface area contributed by atoms with E-state index in [4.69, 9.17) is 17.3 Å². The molecular formula is C16H18ClN3O2S. The number of anilines is 1. The topological polar surface area (TPSA) is 75.4 Å². The minimum atomic E-state index is -0.366. The van der Waals surface area contributed by atoms with Gasteiger partial charge in [-0.1, -0.05) is 30.7 Å². The van der Waals surface area contributed by atoms with Crippen LogP contribution in [0, 0.1) is 5.92 Å². The third-order valence-corrected chi connectivity index (χ3v) is 5.39. The lowest BCUT2D eigenvalue weighted by Gasteiger charge is -2.37. The van der Waals surface area contributed by atoms with E-state index in [0.29, 0.717) is 15.8 Å². The predicted molar refractivity (Wildman–Crippen MR) is 94.5 cm³/mol. The van der Waals surface area contributed by atoms with Gasteiger partial charge < -0.3 is 10.6 Å². The van der Waals surface area contributed by atoms with Crippen LogP contribution in [0.5, 0.6) is 0 Å². The molecule has 2 unspecified atom stereocenters. The molecule has 0 saturated carbocycles. The fourth-order valence-corrected chi connectivity index (χ4v) is 3.82. The van der Waals surface area contributed by atoms with Gasteiger partial charge >= 0.3 is 0 Å². The average Bonchev–Trinajstić information content (AvgIpc) is 2.80. The fraction of sp³-hybridized carbons (Fsp3) is 0.375. The summed E-state index contributed by atoms with van der Waals surface area (Å²) in [7, 11) is 0. The Balaban J connectivity index is 1.96. The van der Waals surface area contributed by atoms with Crippen LogP contribution in [0.2, 0.25) is 5.02 Å². The van der Waals surface area contributed by atoms with E-state index < -0.39 is 0 Å². The Bertz CT molecular complexity index is 692. The number of hydrogen-bond donors (Lipinski definition) is 2. The number of amides is 2. The van der Waals surface area contributed by atoms with Crippen LogP contribution in [0.4, 0.5) is 10.5 Å². The van der Waals surface area contributed by atoms with Gasteiger partial charge in [0.25, 0.3) is 11.1 Å². The first-order valence-corrected chi connectivity index (χ1v) is 8.69. The quantitative estimate of drug-likeness (QED) is 0.801. The number of nitrogens with two attached hydrogens (primary N) is 1. The van der Waals surface area contributed by atoms with E-state index in [2.05, 4.69) is 17.1 Å². The first kappa shape index (κ1) is 16.4. The van der Waals surface area contributed by atoms with Gasteiger partial charge in [-0.05, 0) is 36.2 Å². The van der Waals surface area contributed by atoms with Crippen LogP contribution in [0.15, 0.2) is 23.1 Å². The second-order valence-electron chi connectivity index (χ2n) is 5.91. The maximum Gasteiger partial charge on any atom is 0.290 e. The largest absolute Gasteiger partial charge is 0.368 e. The molecule has 2 aliphatic heterocycles. The summed E-state index contributed by atoms with van der Waals surface area (Å²) in [6, 6.07) is 5.65. The zero-order valence-corrected chi connectivity index (χ0v) is 14.3. The van der Waals surface area contributed by atoms with Crippen LogP contribution in [0.1, 0.15) is 18.9 Å². The standard InChI is InChI=1S/C16H18ClN3O2S/c1-9-5-6-20(8-12(9)18)14-10(3-2-4-11(14)17)7-13-15(21)19-16(22)23-13/h2-4,7,9,12H,5-6,8,18H2,1H3,(H,19,21,22). The van der Waals surface area contributed by atoms with Gasteiger partial charge in [-0.25, -0.2) is 0 Å². The summed E-state index contributed by atoms with van der Waals surface area (Å²) >= 11 is 7.32. The van der Waals surface area contributed by atoms with Gasteiger partial charge in [0.05, 0.1) is 15.6 Å². The summed E-state index contributed by atoms with van der Waals surface area (Å²) < 4.78 is 0. The van der Waals surface area contributed by atoms with E-state index in [-0.39, 0.29) is 17.2 Å². The van der Waals surface area contributed by atoms with E-state index in [0.717, 1.165) is 42.5 Å². The van der Waals surface area contributed by atoms with Gasteiger partial charge in [0.1, 0.15) is 0 Å². The van der Waals surface area contributed by atoms with Crippen molar-refractivity contribution in [1.29, 1.82) is 0 Å². The molecule has 2 atom stereocenters. The van der Waals surface area contributed by atoms with Crippen LogP contribution >= 0.6 is 23.4 Å². The van der Waals surface area contributed by atoms with Crippen LogP contribution in [-0.2, 0) is 4.79 Å². The van der Waals surface area contributed by atoms with Gasteiger partial charge in [-0.2, -0.15) is 0 Å². The first-order valence-electron chi connectivity index (χ1n) is 7.49. The molecule has 5 nitrogen and oxygen atoms in total. The molecule has 0 aromatic heterocycles. The van der Waals surface area contributed by atoms with E-state index in [1.54, 1.807) is 6.08 Å². The molecule has 2 amide bonds. The number of para-hydroxylation sites is 1. The Morgan fingerprint density at radius 1 is 1.43 bits per heavy atom. The second kappa shape index (κ2) is 6.55. The Morgan fingerprint density at radius 2 is 2.22 bits per heavy atom. The number of benzene rings is 1. The number of imide groups is 1. The molecule has 7 heteroatoms. The van der Waals surface area contributed by atoms with Gasteiger partial charge in [0.15, 0.2) is 0 Å². The molecule has 2 aliphatic rings. The summed E-state index contributed by atoms with van der Waals surface area (Å²) in [6.07, 6.45) is 2.71. The number of thioether (sulfide) groups is 1. The molecule has 3 rings (SSSR count). The number of rotatable bonds is 2. The molecule has 2 saturated heterocycles. The number of nitrogens with one attached hydrogen (secondary N) is 1. The van der Waals surface area contributed by atoms with Gasteiger partial charge in [-0.3, -0.25) is 14.9 Å². The zero-order valence-electron chi connectivity index (χ0n) is 12.7. The summed E-state index contributed by atoms with van der Waals surface area (Å²) in [5.41, 5.74) is 7.89. The van der Waals surface area contributed by atoms with Gasteiger partial charge in [-0.15, -0.1) is 0 Å². The van der Waals surface area contributed by atoms with Crippen molar-refractivity contribution >= 4 is 46.3 Å². The second-order valence-corrected chi connectivity index (χ2v) is 7.33. The fourth-order valence-electron chi connectivity index (χ4n) is 2.85. The average molecular weight is 352 g/mol. The lowest BCUT2D eigenvalue weighted by Crippen LogP contribution is -2.47. The molecule has 1 aromatic rings. The number of halogens is 1. The Kier molecular flexibility index (Phi) is 4.66. The van der Waals surface area contributed by atoms with Crippen molar-refractivity contribution < 1.29 is 9.59 Å². The van der Waals surface area contributed by atoms with Crippen molar-refractivity contribution in [3.8, 4) is 0 Å². The summed E-state index contributed by atoms with van der Waals surface area (Å²) in [6.45, 7) is 3.75. The molecule has 0 radical (unpaired) electrons. The summed E-state index contributed by atoms with van der Waals surface area (Å²) in [5, 5.41) is 2.54. The van der Waals surface area contributed by atoms with Gasteiger partial charge in [0, 0.05) is 24.7 Å². The van der Waals surface area contributed by atoms with Crippen LogP contribution in [0.25, 0.3) is 6.08 Å². The maximum absolute atomic E-state index is 11.8. The van der Waals surface area contributed by atoms with Crippen LogP contribution < -0.4 is 16.0 Å². The number of hydrogen-bond acceptors (Lipinski definition) is 5. The predicted octanol–water partition coefficient (Wildman–Crippen LogP) is 2.84. The Hall–Kier alpha value is -1.50. The SMILES string of the molecule is CC1CCN(c2c(Cl)cccc2C=C2SC(=O)NC2=O)CC1N. The van der Waals surface area contributed by atoms with E-state index in [1.165, 1.54) is 0 Å². The van der Waals surface area contributed by atoms with Crippen molar-refractivity contribution in [2.75, 3.05) is 18.0 Å². The maximum atomic E-state index is 11.8. The molecule has 0 aliphatic carbocycles. The molecule has 1 aromatic carbocycles. The molecule has 23 heavy (non-hydrogen) atoms. The van der Waals surface area contributed by atoms with Crippen LogP contribution in [0.3, 0.4) is 0 Å². The summed E-state index contributed by atoms with van der Waals surface area (Å²) in [4.78, 5) is 25.6.